The van der Waals surface area contributed by atoms with Crippen LogP contribution in [-0.2, 0) is 0 Å². The van der Waals surface area contributed by atoms with Gasteiger partial charge in [-0.15, -0.1) is 5.10 Å². The Hall–Kier alpha value is -1.43. The number of carbonyl (C=O) groups is 1. The molecule has 0 spiro atoms. The van der Waals surface area contributed by atoms with E-state index in [-0.39, 0.29) is 11.9 Å². The van der Waals surface area contributed by atoms with Crippen LogP contribution in [-0.4, -0.2) is 51.0 Å². The first kappa shape index (κ1) is 13.5. The molecule has 1 aromatic heterocycles. The second-order valence-corrected chi connectivity index (χ2v) is 6.42. The molecule has 0 unspecified atom stereocenters. The minimum absolute atomic E-state index is 0.0978. The van der Waals surface area contributed by atoms with Crippen molar-refractivity contribution in [3.05, 3.63) is 11.9 Å². The Bertz CT molecular complexity index is 494. The second-order valence-electron chi connectivity index (χ2n) is 6.42. The van der Waals surface area contributed by atoms with Crippen molar-refractivity contribution >= 4 is 5.91 Å². The summed E-state index contributed by atoms with van der Waals surface area (Å²) in [5, 5.41) is 11.1. The van der Waals surface area contributed by atoms with Crippen molar-refractivity contribution in [3.8, 4) is 0 Å². The van der Waals surface area contributed by atoms with Gasteiger partial charge in [-0.05, 0) is 32.6 Å². The highest BCUT2D eigenvalue weighted by Gasteiger charge is 2.33. The highest BCUT2D eigenvalue weighted by molar-refractivity contribution is 5.92. The van der Waals surface area contributed by atoms with Gasteiger partial charge in [0, 0.05) is 25.2 Å². The van der Waals surface area contributed by atoms with Gasteiger partial charge in [0.15, 0.2) is 5.69 Å². The topological polar surface area (TPSA) is 63.1 Å². The highest BCUT2D eigenvalue weighted by atomic mass is 16.2. The van der Waals surface area contributed by atoms with Crippen LogP contribution in [0.5, 0.6) is 0 Å². The molecule has 2 aliphatic rings. The van der Waals surface area contributed by atoms with Gasteiger partial charge in [0.2, 0.25) is 0 Å². The molecule has 1 amide bonds. The molecule has 1 aliphatic carbocycles. The summed E-state index contributed by atoms with van der Waals surface area (Å²) in [7, 11) is 0. The fourth-order valence-corrected chi connectivity index (χ4v) is 2.75. The summed E-state index contributed by atoms with van der Waals surface area (Å²) in [6.45, 7) is 8.53. The smallest absolute Gasteiger partial charge is 0.273 e. The fourth-order valence-electron chi connectivity index (χ4n) is 2.75. The van der Waals surface area contributed by atoms with Crippen molar-refractivity contribution in [2.45, 2.75) is 51.7 Å². The number of amides is 1. The van der Waals surface area contributed by atoms with Crippen LogP contribution in [0.3, 0.4) is 0 Å². The first-order chi connectivity index (χ1) is 9.54. The van der Waals surface area contributed by atoms with E-state index in [1.165, 1.54) is 0 Å². The molecule has 0 aromatic carbocycles. The second kappa shape index (κ2) is 5.16. The Morgan fingerprint density at radius 2 is 2.15 bits per heavy atom. The molecule has 1 saturated carbocycles. The SMILES string of the molecule is CC(C)N1C[C@H](C)[C@H](NC(=O)c2cn(C3CC3)nn2)C1. The zero-order chi connectivity index (χ0) is 14.3. The van der Waals surface area contributed by atoms with Crippen LogP contribution in [0.4, 0.5) is 0 Å². The average Bonchev–Trinajstić information content (AvgIpc) is 3.01. The number of aromatic nitrogens is 3. The summed E-state index contributed by atoms with van der Waals surface area (Å²) in [5.41, 5.74) is 0.437. The van der Waals surface area contributed by atoms with Gasteiger partial charge < -0.3 is 5.32 Å². The molecular weight excluding hydrogens is 254 g/mol. The molecule has 2 atom stereocenters. The minimum Gasteiger partial charge on any atom is -0.346 e. The van der Waals surface area contributed by atoms with Crippen LogP contribution in [0.15, 0.2) is 6.20 Å². The van der Waals surface area contributed by atoms with Crippen molar-refractivity contribution in [2.75, 3.05) is 13.1 Å². The van der Waals surface area contributed by atoms with Crippen LogP contribution in [0.1, 0.15) is 50.1 Å². The van der Waals surface area contributed by atoms with Gasteiger partial charge in [0.1, 0.15) is 0 Å². The number of nitrogens with one attached hydrogen (secondary N) is 1. The van der Waals surface area contributed by atoms with Crippen LogP contribution >= 0.6 is 0 Å². The van der Waals surface area contributed by atoms with Gasteiger partial charge in [0.25, 0.3) is 5.91 Å². The van der Waals surface area contributed by atoms with Crippen molar-refractivity contribution in [1.82, 2.24) is 25.2 Å². The van der Waals surface area contributed by atoms with Crippen molar-refractivity contribution in [3.63, 3.8) is 0 Å². The highest BCUT2D eigenvalue weighted by Crippen LogP contribution is 2.33. The first-order valence-corrected chi connectivity index (χ1v) is 7.51. The lowest BCUT2D eigenvalue weighted by atomic mass is 10.1. The molecule has 0 bridgehead atoms. The lowest BCUT2D eigenvalue weighted by molar-refractivity contribution is 0.0925. The predicted octanol–water partition coefficient (Wildman–Crippen LogP) is 1.07. The third-order valence-corrected chi connectivity index (χ3v) is 4.35. The Kier molecular flexibility index (Phi) is 3.50. The summed E-state index contributed by atoms with van der Waals surface area (Å²) >= 11 is 0. The molecule has 1 N–H and O–H groups in total. The van der Waals surface area contributed by atoms with E-state index < -0.39 is 0 Å². The fraction of sp³-hybridized carbons (Fsp3) is 0.786. The number of likely N-dealkylation sites (tertiary alicyclic amines) is 1. The van der Waals surface area contributed by atoms with E-state index in [4.69, 9.17) is 0 Å². The quantitative estimate of drug-likeness (QED) is 0.894. The van der Waals surface area contributed by atoms with E-state index in [0.29, 0.717) is 23.7 Å². The predicted molar refractivity (Wildman–Crippen MR) is 75.4 cm³/mol. The molecule has 1 saturated heterocycles. The Balaban J connectivity index is 1.60. The lowest BCUT2D eigenvalue weighted by Crippen LogP contribution is -2.40. The summed E-state index contributed by atoms with van der Waals surface area (Å²) in [5.74, 6) is 0.374. The molecule has 6 heteroatoms. The maximum absolute atomic E-state index is 12.2. The molecule has 1 aliphatic heterocycles. The maximum Gasteiger partial charge on any atom is 0.273 e. The number of hydrogen-bond donors (Lipinski definition) is 1. The zero-order valence-corrected chi connectivity index (χ0v) is 12.4. The molecule has 1 aromatic rings. The normalized spacial score (nSPS) is 27.2. The number of hydrogen-bond acceptors (Lipinski definition) is 4. The molecule has 110 valence electrons. The average molecular weight is 277 g/mol. The zero-order valence-electron chi connectivity index (χ0n) is 12.4. The van der Waals surface area contributed by atoms with E-state index in [1.54, 1.807) is 6.20 Å². The van der Waals surface area contributed by atoms with Crippen molar-refractivity contribution < 1.29 is 4.79 Å². The van der Waals surface area contributed by atoms with Crippen molar-refractivity contribution in [1.29, 1.82) is 0 Å². The third-order valence-electron chi connectivity index (χ3n) is 4.35. The maximum atomic E-state index is 12.2. The van der Waals surface area contributed by atoms with Crippen molar-refractivity contribution in [2.24, 2.45) is 5.92 Å². The van der Waals surface area contributed by atoms with Gasteiger partial charge >= 0.3 is 0 Å². The number of rotatable bonds is 4. The molecule has 20 heavy (non-hydrogen) atoms. The standard InChI is InChI=1S/C14H23N5O/c1-9(2)18-6-10(3)12(7-18)15-14(20)13-8-19(17-16-13)11-4-5-11/h8-12H,4-7H2,1-3H3,(H,15,20)/t10-,12+/m0/s1. The molecular formula is C14H23N5O. The lowest BCUT2D eigenvalue weighted by Gasteiger charge is -2.20. The Morgan fingerprint density at radius 3 is 2.75 bits per heavy atom. The van der Waals surface area contributed by atoms with Crippen LogP contribution < -0.4 is 5.32 Å². The summed E-state index contributed by atoms with van der Waals surface area (Å²) in [4.78, 5) is 14.6. The molecule has 2 fully saturated rings. The number of nitrogens with zero attached hydrogens (tertiary/aromatic N) is 4. The van der Waals surface area contributed by atoms with E-state index in [1.807, 2.05) is 4.68 Å². The summed E-state index contributed by atoms with van der Waals surface area (Å²) in [6, 6.07) is 1.19. The molecule has 2 heterocycles. The first-order valence-electron chi connectivity index (χ1n) is 7.51. The molecule has 3 rings (SSSR count). The molecule has 0 radical (unpaired) electrons. The van der Waals surface area contributed by atoms with Gasteiger partial charge in [-0.25, -0.2) is 4.68 Å². The Morgan fingerprint density at radius 1 is 1.40 bits per heavy atom. The van der Waals surface area contributed by atoms with E-state index >= 15 is 0 Å². The number of carbonyl (C=O) groups excluding carboxylic acids is 1. The van der Waals surface area contributed by atoms with E-state index in [0.717, 1.165) is 25.9 Å². The Labute approximate surface area is 119 Å². The summed E-state index contributed by atoms with van der Waals surface area (Å²) in [6.07, 6.45) is 4.06. The van der Waals surface area contributed by atoms with Gasteiger partial charge in [-0.2, -0.15) is 0 Å². The van der Waals surface area contributed by atoms with Crippen LogP contribution in [0.2, 0.25) is 0 Å². The largest absolute Gasteiger partial charge is 0.346 e. The van der Waals surface area contributed by atoms with Gasteiger partial charge in [-0.1, -0.05) is 12.1 Å². The van der Waals surface area contributed by atoms with E-state index in [2.05, 4.69) is 41.3 Å². The minimum atomic E-state index is -0.0978. The van der Waals surface area contributed by atoms with Gasteiger partial charge in [0.05, 0.1) is 12.2 Å². The van der Waals surface area contributed by atoms with E-state index in [9.17, 15) is 4.79 Å². The third kappa shape index (κ3) is 2.70. The van der Waals surface area contributed by atoms with Crippen LogP contribution in [0, 0.1) is 5.92 Å². The van der Waals surface area contributed by atoms with Crippen LogP contribution in [0.25, 0.3) is 0 Å². The summed E-state index contributed by atoms with van der Waals surface area (Å²) < 4.78 is 1.81. The van der Waals surface area contributed by atoms with Gasteiger partial charge in [-0.3, -0.25) is 9.69 Å². The molecule has 6 nitrogen and oxygen atoms in total. The monoisotopic (exact) mass is 277 g/mol.